The zero-order valence-corrected chi connectivity index (χ0v) is 16.7. The molecule has 0 saturated heterocycles. The molecule has 0 spiro atoms. The third kappa shape index (κ3) is 4.52. The Morgan fingerprint density at radius 1 is 1.18 bits per heavy atom. The van der Waals surface area contributed by atoms with E-state index in [4.69, 9.17) is 0 Å². The van der Waals surface area contributed by atoms with Crippen LogP contribution in [0.1, 0.15) is 4.88 Å². The van der Waals surface area contributed by atoms with Crippen molar-refractivity contribution in [3.8, 4) is 16.5 Å². The summed E-state index contributed by atoms with van der Waals surface area (Å²) in [6.07, 6.45) is 1.50. The Bertz CT molecular complexity index is 1130. The van der Waals surface area contributed by atoms with Crippen LogP contribution in [0, 0.1) is 21.4 Å². The first-order valence-electron chi connectivity index (χ1n) is 8.00. The molecule has 0 bridgehead atoms. The standard InChI is InChI=1S/C20H12BrN3O3S/c21-17-6-1-2-7-18(17)23-20(25)14(12-22)11-16-8-9-19(28-16)13-4-3-5-15(10-13)24(26)27/h1-11H,(H,23,25). The summed E-state index contributed by atoms with van der Waals surface area (Å²) in [5, 5.41) is 23.0. The minimum atomic E-state index is -0.514. The summed E-state index contributed by atoms with van der Waals surface area (Å²) in [5.74, 6) is -0.514. The van der Waals surface area contributed by atoms with Crippen molar-refractivity contribution in [1.82, 2.24) is 0 Å². The molecular formula is C20H12BrN3O3S. The van der Waals surface area contributed by atoms with Gasteiger partial charge >= 0.3 is 0 Å². The fourth-order valence-electron chi connectivity index (χ4n) is 2.40. The number of benzene rings is 2. The monoisotopic (exact) mass is 453 g/mol. The van der Waals surface area contributed by atoms with Crippen molar-refractivity contribution in [3.05, 3.63) is 85.7 Å². The Morgan fingerprint density at radius 3 is 2.68 bits per heavy atom. The average Bonchev–Trinajstić information content (AvgIpc) is 3.16. The van der Waals surface area contributed by atoms with Crippen LogP contribution in [0.3, 0.4) is 0 Å². The van der Waals surface area contributed by atoms with E-state index in [0.717, 1.165) is 4.88 Å². The topological polar surface area (TPSA) is 96.0 Å². The summed E-state index contributed by atoms with van der Waals surface area (Å²) in [6.45, 7) is 0. The first-order valence-corrected chi connectivity index (χ1v) is 9.61. The maximum atomic E-state index is 12.4. The number of para-hydroxylation sites is 1. The molecule has 2 aromatic carbocycles. The third-order valence-corrected chi connectivity index (χ3v) is 5.51. The van der Waals surface area contributed by atoms with Gasteiger partial charge in [-0.1, -0.05) is 24.3 Å². The summed E-state index contributed by atoms with van der Waals surface area (Å²) < 4.78 is 0.713. The molecule has 0 radical (unpaired) electrons. The number of thiophene rings is 1. The molecule has 0 fully saturated rings. The third-order valence-electron chi connectivity index (χ3n) is 3.74. The number of carbonyl (C=O) groups excluding carboxylic acids is 1. The predicted molar refractivity (Wildman–Crippen MR) is 113 cm³/mol. The van der Waals surface area contributed by atoms with Gasteiger partial charge in [0.15, 0.2) is 0 Å². The Morgan fingerprint density at radius 2 is 1.96 bits per heavy atom. The van der Waals surface area contributed by atoms with Crippen LogP contribution in [0.4, 0.5) is 11.4 Å². The van der Waals surface area contributed by atoms with E-state index in [2.05, 4.69) is 21.2 Å². The van der Waals surface area contributed by atoms with E-state index >= 15 is 0 Å². The van der Waals surface area contributed by atoms with Crippen molar-refractivity contribution in [2.24, 2.45) is 0 Å². The van der Waals surface area contributed by atoms with Crippen LogP contribution in [0.5, 0.6) is 0 Å². The van der Waals surface area contributed by atoms with Crippen LogP contribution < -0.4 is 5.32 Å². The molecule has 8 heteroatoms. The lowest BCUT2D eigenvalue weighted by Crippen LogP contribution is -2.13. The van der Waals surface area contributed by atoms with Crippen molar-refractivity contribution >= 4 is 50.6 Å². The Labute approximate surface area is 173 Å². The first-order chi connectivity index (χ1) is 13.5. The lowest BCUT2D eigenvalue weighted by atomic mass is 10.1. The van der Waals surface area contributed by atoms with Gasteiger partial charge < -0.3 is 5.32 Å². The van der Waals surface area contributed by atoms with Gasteiger partial charge in [0, 0.05) is 26.4 Å². The highest BCUT2D eigenvalue weighted by atomic mass is 79.9. The molecular weight excluding hydrogens is 442 g/mol. The molecule has 0 aliphatic carbocycles. The number of rotatable bonds is 5. The lowest BCUT2D eigenvalue weighted by molar-refractivity contribution is -0.384. The molecule has 1 amide bonds. The Kier molecular flexibility index (Phi) is 5.99. The van der Waals surface area contributed by atoms with E-state index in [9.17, 15) is 20.2 Å². The number of nitro groups is 1. The highest BCUT2D eigenvalue weighted by Crippen LogP contribution is 2.31. The van der Waals surface area contributed by atoms with Crippen LogP contribution in [0.25, 0.3) is 16.5 Å². The number of nitrogens with one attached hydrogen (secondary N) is 1. The van der Waals surface area contributed by atoms with Gasteiger partial charge in [-0.2, -0.15) is 5.26 Å². The predicted octanol–water partition coefficient (Wildman–Crippen LogP) is 5.63. The molecule has 0 aliphatic rings. The normalized spacial score (nSPS) is 10.9. The van der Waals surface area contributed by atoms with E-state index in [0.29, 0.717) is 20.6 Å². The van der Waals surface area contributed by atoms with Gasteiger partial charge in [0.1, 0.15) is 11.6 Å². The van der Waals surface area contributed by atoms with Crippen molar-refractivity contribution in [2.45, 2.75) is 0 Å². The number of nitriles is 1. The zero-order chi connectivity index (χ0) is 20.1. The molecule has 1 aromatic heterocycles. The maximum absolute atomic E-state index is 12.4. The van der Waals surface area contributed by atoms with Gasteiger partial charge in [-0.3, -0.25) is 14.9 Å². The van der Waals surface area contributed by atoms with Crippen LogP contribution >= 0.6 is 27.3 Å². The summed E-state index contributed by atoms with van der Waals surface area (Å²) >= 11 is 4.68. The van der Waals surface area contributed by atoms with E-state index in [1.54, 1.807) is 42.5 Å². The minimum Gasteiger partial charge on any atom is -0.320 e. The molecule has 0 aliphatic heterocycles. The van der Waals surface area contributed by atoms with E-state index in [-0.39, 0.29) is 11.3 Å². The van der Waals surface area contributed by atoms with Crippen LogP contribution in [-0.2, 0) is 4.79 Å². The molecule has 3 aromatic rings. The minimum absolute atomic E-state index is 0.00789. The summed E-state index contributed by atoms with van der Waals surface area (Å²) in [6, 6.07) is 18.9. The number of amides is 1. The number of nitrogens with zero attached hydrogens (tertiary/aromatic N) is 2. The van der Waals surface area contributed by atoms with Crippen molar-refractivity contribution in [3.63, 3.8) is 0 Å². The summed E-state index contributed by atoms with van der Waals surface area (Å²) in [5.41, 5.74) is 1.24. The van der Waals surface area contributed by atoms with Gasteiger partial charge in [0.25, 0.3) is 11.6 Å². The Hall–Kier alpha value is -3.28. The number of anilines is 1. The number of nitro benzene ring substituents is 1. The number of hydrogen-bond donors (Lipinski definition) is 1. The quantitative estimate of drug-likeness (QED) is 0.234. The van der Waals surface area contributed by atoms with Gasteiger partial charge in [0.2, 0.25) is 0 Å². The fourth-order valence-corrected chi connectivity index (χ4v) is 3.73. The molecule has 0 unspecified atom stereocenters. The number of halogens is 1. The molecule has 0 atom stereocenters. The highest BCUT2D eigenvalue weighted by molar-refractivity contribution is 9.10. The maximum Gasteiger partial charge on any atom is 0.270 e. The molecule has 138 valence electrons. The second-order valence-electron chi connectivity index (χ2n) is 5.61. The average molecular weight is 454 g/mol. The molecule has 6 nitrogen and oxygen atoms in total. The van der Waals surface area contributed by atoms with Gasteiger partial charge in [-0.15, -0.1) is 11.3 Å². The molecule has 3 rings (SSSR count). The van der Waals surface area contributed by atoms with Gasteiger partial charge in [-0.05, 0) is 51.8 Å². The van der Waals surface area contributed by atoms with E-state index in [1.165, 1.54) is 29.5 Å². The second-order valence-corrected chi connectivity index (χ2v) is 7.58. The zero-order valence-electron chi connectivity index (χ0n) is 14.3. The second kappa shape index (κ2) is 8.61. The summed E-state index contributed by atoms with van der Waals surface area (Å²) in [4.78, 5) is 24.4. The lowest BCUT2D eigenvalue weighted by Gasteiger charge is -2.05. The smallest absolute Gasteiger partial charge is 0.270 e. The fraction of sp³-hybridized carbons (Fsp3) is 0. The SMILES string of the molecule is N#CC(=Cc1ccc(-c2cccc([N+](=O)[O-])c2)s1)C(=O)Nc1ccccc1Br. The van der Waals surface area contributed by atoms with Crippen molar-refractivity contribution < 1.29 is 9.72 Å². The van der Waals surface area contributed by atoms with E-state index in [1.807, 2.05) is 12.1 Å². The number of carbonyl (C=O) groups is 1. The Balaban J connectivity index is 1.83. The molecule has 1 heterocycles. The van der Waals surface area contributed by atoms with Crippen molar-refractivity contribution in [1.29, 1.82) is 5.26 Å². The van der Waals surface area contributed by atoms with Crippen LogP contribution in [-0.4, -0.2) is 10.8 Å². The van der Waals surface area contributed by atoms with Gasteiger partial charge in [0.05, 0.1) is 10.6 Å². The van der Waals surface area contributed by atoms with Crippen LogP contribution in [0.2, 0.25) is 0 Å². The number of non-ortho nitro benzene ring substituents is 1. The van der Waals surface area contributed by atoms with E-state index < -0.39 is 10.8 Å². The van der Waals surface area contributed by atoms with Crippen LogP contribution in [0.15, 0.2) is 70.7 Å². The molecule has 1 N–H and O–H groups in total. The molecule has 28 heavy (non-hydrogen) atoms. The van der Waals surface area contributed by atoms with Gasteiger partial charge in [-0.25, -0.2) is 0 Å². The molecule has 0 saturated carbocycles. The largest absolute Gasteiger partial charge is 0.320 e. The highest BCUT2D eigenvalue weighted by Gasteiger charge is 2.13. The summed E-state index contributed by atoms with van der Waals surface area (Å²) in [7, 11) is 0. The van der Waals surface area contributed by atoms with Crippen molar-refractivity contribution in [2.75, 3.05) is 5.32 Å². The first kappa shape index (κ1) is 19.5. The number of hydrogen-bond acceptors (Lipinski definition) is 5.